The van der Waals surface area contributed by atoms with Gasteiger partial charge in [-0.3, -0.25) is 4.79 Å². The van der Waals surface area contributed by atoms with Crippen LogP contribution in [0.25, 0.3) is 11.0 Å². The number of halogens is 3. The van der Waals surface area contributed by atoms with Crippen LogP contribution < -0.4 is 0 Å². The average molecular weight is 276 g/mol. The van der Waals surface area contributed by atoms with Crippen LogP contribution in [-0.2, 0) is 0 Å². The lowest BCUT2D eigenvalue weighted by Crippen LogP contribution is -2.03. The molecule has 1 aromatic heterocycles. The number of hydrogen-bond donors (Lipinski definition) is 0. The van der Waals surface area contributed by atoms with Gasteiger partial charge in [-0.05, 0) is 36.4 Å². The van der Waals surface area contributed by atoms with Crippen LogP contribution in [0.15, 0.2) is 46.9 Å². The monoisotopic (exact) mass is 276 g/mol. The molecule has 0 atom stereocenters. The van der Waals surface area contributed by atoms with Crippen LogP contribution >= 0.6 is 0 Å². The first-order valence-electron chi connectivity index (χ1n) is 5.73. The van der Waals surface area contributed by atoms with Crippen molar-refractivity contribution in [3.63, 3.8) is 0 Å². The van der Waals surface area contributed by atoms with Crippen LogP contribution in [0.3, 0.4) is 0 Å². The van der Waals surface area contributed by atoms with Crippen LogP contribution in [0.5, 0.6) is 0 Å². The minimum absolute atomic E-state index is 0.129. The lowest BCUT2D eigenvalue weighted by Gasteiger charge is -1.99. The molecule has 0 saturated carbocycles. The van der Waals surface area contributed by atoms with Crippen LogP contribution in [0, 0.1) is 17.5 Å². The molecule has 0 radical (unpaired) electrons. The molecule has 0 amide bonds. The highest BCUT2D eigenvalue weighted by Gasteiger charge is 2.18. The summed E-state index contributed by atoms with van der Waals surface area (Å²) in [6, 6.07) is 7.75. The Morgan fingerprint density at radius 3 is 2.35 bits per heavy atom. The first-order valence-corrected chi connectivity index (χ1v) is 5.73. The molecule has 20 heavy (non-hydrogen) atoms. The predicted octanol–water partition coefficient (Wildman–Crippen LogP) is 4.08. The molecule has 0 unspecified atom stereocenters. The lowest BCUT2D eigenvalue weighted by molar-refractivity contribution is 0.101. The average Bonchev–Trinajstić information content (AvgIpc) is 2.81. The van der Waals surface area contributed by atoms with Gasteiger partial charge in [0.05, 0.1) is 5.56 Å². The minimum Gasteiger partial charge on any atom is -0.453 e. The van der Waals surface area contributed by atoms with Crippen LogP contribution in [0.2, 0.25) is 0 Å². The van der Waals surface area contributed by atoms with Crippen molar-refractivity contribution in [3.05, 3.63) is 71.2 Å². The Labute approximate surface area is 111 Å². The lowest BCUT2D eigenvalue weighted by atomic mass is 10.1. The zero-order valence-electron chi connectivity index (χ0n) is 9.99. The summed E-state index contributed by atoms with van der Waals surface area (Å²) in [5.74, 6) is -3.06. The third-order valence-corrected chi connectivity index (χ3v) is 2.88. The molecule has 0 N–H and O–H groups in total. The first-order chi connectivity index (χ1) is 9.54. The Morgan fingerprint density at radius 2 is 1.60 bits per heavy atom. The molecule has 0 aliphatic heterocycles. The fourth-order valence-corrected chi connectivity index (χ4v) is 1.93. The summed E-state index contributed by atoms with van der Waals surface area (Å²) in [6.45, 7) is 0. The van der Waals surface area contributed by atoms with Crippen molar-refractivity contribution in [2.45, 2.75) is 0 Å². The van der Waals surface area contributed by atoms with E-state index >= 15 is 0 Å². The van der Waals surface area contributed by atoms with Crippen LogP contribution in [0.1, 0.15) is 16.1 Å². The second kappa shape index (κ2) is 4.52. The molecular weight excluding hydrogens is 269 g/mol. The largest absolute Gasteiger partial charge is 0.453 e. The van der Waals surface area contributed by atoms with E-state index in [0.29, 0.717) is 17.0 Å². The topological polar surface area (TPSA) is 30.2 Å². The molecule has 100 valence electrons. The zero-order valence-corrected chi connectivity index (χ0v) is 9.99. The summed E-state index contributed by atoms with van der Waals surface area (Å²) >= 11 is 0. The molecule has 0 spiro atoms. The fraction of sp³-hybridized carbons (Fsp3) is 0. The van der Waals surface area contributed by atoms with E-state index in [-0.39, 0.29) is 11.3 Å². The molecule has 2 aromatic carbocycles. The highest BCUT2D eigenvalue weighted by molar-refractivity contribution is 6.09. The van der Waals surface area contributed by atoms with E-state index in [2.05, 4.69) is 0 Å². The molecular formula is C15H7F3O2. The summed E-state index contributed by atoms with van der Waals surface area (Å²) in [4.78, 5) is 12.1. The highest BCUT2D eigenvalue weighted by Crippen LogP contribution is 2.23. The third-order valence-electron chi connectivity index (χ3n) is 2.88. The molecule has 5 heteroatoms. The van der Waals surface area contributed by atoms with Crippen molar-refractivity contribution in [1.82, 2.24) is 0 Å². The minimum atomic E-state index is -0.971. The summed E-state index contributed by atoms with van der Waals surface area (Å²) < 4.78 is 44.7. The van der Waals surface area contributed by atoms with E-state index in [9.17, 15) is 18.0 Å². The molecule has 2 nitrogen and oxygen atoms in total. The van der Waals surface area contributed by atoms with Crippen molar-refractivity contribution in [1.29, 1.82) is 0 Å². The van der Waals surface area contributed by atoms with Gasteiger partial charge in [0.25, 0.3) is 0 Å². The molecule has 0 aliphatic rings. The number of carbonyl (C=O) groups is 1. The molecule has 1 heterocycles. The summed E-state index contributed by atoms with van der Waals surface area (Å²) in [7, 11) is 0. The molecule has 0 bridgehead atoms. The summed E-state index contributed by atoms with van der Waals surface area (Å²) in [5.41, 5.74) is 0.0168. The van der Waals surface area contributed by atoms with E-state index in [1.165, 1.54) is 24.3 Å². The Balaban J connectivity index is 2.08. The predicted molar refractivity (Wildman–Crippen MR) is 66.0 cm³/mol. The van der Waals surface area contributed by atoms with Gasteiger partial charge in [0, 0.05) is 11.5 Å². The second-order valence-corrected chi connectivity index (χ2v) is 4.25. The van der Waals surface area contributed by atoms with Crippen molar-refractivity contribution in [2.24, 2.45) is 0 Å². The van der Waals surface area contributed by atoms with Gasteiger partial charge in [0.1, 0.15) is 23.0 Å². The fourth-order valence-electron chi connectivity index (χ4n) is 1.93. The molecule has 0 fully saturated rings. The smallest absolute Gasteiger partial charge is 0.231 e. The first kappa shape index (κ1) is 12.5. The van der Waals surface area contributed by atoms with Crippen molar-refractivity contribution in [2.75, 3.05) is 0 Å². The Hall–Kier alpha value is -2.56. The number of fused-ring (bicyclic) bond motifs is 1. The van der Waals surface area contributed by atoms with E-state index < -0.39 is 23.2 Å². The van der Waals surface area contributed by atoms with E-state index in [0.717, 1.165) is 12.1 Å². The zero-order chi connectivity index (χ0) is 14.3. The summed E-state index contributed by atoms with van der Waals surface area (Å²) in [5, 5.41) is 0.399. The third kappa shape index (κ3) is 2.07. The number of hydrogen-bond acceptors (Lipinski definition) is 2. The number of furan rings is 1. The van der Waals surface area contributed by atoms with E-state index in [4.69, 9.17) is 4.42 Å². The maximum Gasteiger partial charge on any atom is 0.231 e. The van der Waals surface area contributed by atoms with Crippen LogP contribution in [-0.4, -0.2) is 5.78 Å². The Bertz CT molecular complexity index is 821. The van der Waals surface area contributed by atoms with Gasteiger partial charge in [-0.2, -0.15) is 0 Å². The summed E-state index contributed by atoms with van der Waals surface area (Å²) in [6.07, 6.45) is 0. The molecule has 0 saturated heterocycles. The van der Waals surface area contributed by atoms with Gasteiger partial charge in [-0.15, -0.1) is 0 Å². The van der Waals surface area contributed by atoms with Crippen molar-refractivity contribution < 1.29 is 22.4 Å². The van der Waals surface area contributed by atoms with Crippen molar-refractivity contribution >= 4 is 16.8 Å². The standard InChI is InChI=1S/C15H7F3O2/c16-9-2-4-13-8(5-9)6-14(20-13)15(19)11-3-1-10(17)7-12(11)18/h1-7H. The van der Waals surface area contributed by atoms with Gasteiger partial charge >= 0.3 is 0 Å². The maximum atomic E-state index is 13.5. The quantitative estimate of drug-likeness (QED) is 0.660. The van der Waals surface area contributed by atoms with Gasteiger partial charge in [0.2, 0.25) is 5.78 Å². The number of benzene rings is 2. The van der Waals surface area contributed by atoms with Gasteiger partial charge in [-0.1, -0.05) is 0 Å². The van der Waals surface area contributed by atoms with E-state index in [1.54, 1.807) is 0 Å². The molecule has 0 aliphatic carbocycles. The Kier molecular flexibility index (Phi) is 2.82. The molecule has 3 aromatic rings. The Morgan fingerprint density at radius 1 is 0.900 bits per heavy atom. The van der Waals surface area contributed by atoms with E-state index in [1.807, 2.05) is 0 Å². The second-order valence-electron chi connectivity index (χ2n) is 4.25. The SMILES string of the molecule is O=C(c1cc2cc(F)ccc2o1)c1ccc(F)cc1F. The number of rotatable bonds is 2. The maximum absolute atomic E-state index is 13.5. The van der Waals surface area contributed by atoms with Crippen LogP contribution in [0.4, 0.5) is 13.2 Å². The van der Waals surface area contributed by atoms with Gasteiger partial charge < -0.3 is 4.42 Å². The normalized spacial score (nSPS) is 10.9. The van der Waals surface area contributed by atoms with Crippen molar-refractivity contribution in [3.8, 4) is 0 Å². The number of carbonyl (C=O) groups excluding carboxylic acids is 1. The molecule has 3 rings (SSSR count). The number of ketones is 1. The highest BCUT2D eigenvalue weighted by atomic mass is 19.1. The van der Waals surface area contributed by atoms with Gasteiger partial charge in [0.15, 0.2) is 5.76 Å². The van der Waals surface area contributed by atoms with Gasteiger partial charge in [-0.25, -0.2) is 13.2 Å².